The Morgan fingerprint density at radius 3 is 1.96 bits per heavy atom. The average Bonchev–Trinajstić information content (AvgIpc) is 2.59. The Kier molecular flexibility index (Phi) is 6.49. The van der Waals surface area contributed by atoms with Crippen LogP contribution in [0.2, 0.25) is 0 Å². The molecule has 0 aromatic carbocycles. The number of rotatable bonds is 6. The van der Waals surface area contributed by atoms with Crippen LogP contribution in [0.5, 0.6) is 0 Å². The lowest BCUT2D eigenvalue weighted by molar-refractivity contribution is -0.132. The highest BCUT2D eigenvalue weighted by Crippen LogP contribution is 2.20. The molecule has 8 heteroatoms. The number of carbonyl (C=O) groups excluding carboxylic acids is 2. The first-order valence-corrected chi connectivity index (χ1v) is 7.97. The molecule has 0 saturated carbocycles. The minimum atomic E-state index is -1.35. The molecule has 0 aliphatic carbocycles. The van der Waals surface area contributed by atoms with Gasteiger partial charge in [-0.25, -0.2) is 4.79 Å². The highest BCUT2D eigenvalue weighted by Gasteiger charge is 2.34. The van der Waals surface area contributed by atoms with E-state index in [0.29, 0.717) is 52.1 Å². The summed E-state index contributed by atoms with van der Waals surface area (Å²) in [7, 11) is 0. The van der Waals surface area contributed by atoms with Crippen LogP contribution in [0.4, 0.5) is 4.79 Å². The van der Waals surface area contributed by atoms with Crippen LogP contribution < -0.4 is 5.73 Å². The van der Waals surface area contributed by atoms with E-state index in [-0.39, 0.29) is 29.9 Å². The molecule has 0 aromatic heterocycles. The average molecular weight is 328 g/mol. The number of ketones is 2. The van der Waals surface area contributed by atoms with Crippen LogP contribution in [-0.2, 0) is 19.1 Å². The van der Waals surface area contributed by atoms with E-state index in [0.717, 1.165) is 4.90 Å². The summed E-state index contributed by atoms with van der Waals surface area (Å²) in [5, 5.41) is 9.33. The lowest BCUT2D eigenvalue weighted by atomic mass is 9.92. The second-order valence-electron chi connectivity index (χ2n) is 6.00. The largest absolute Gasteiger partial charge is 0.465 e. The number of hydrogen-bond donors (Lipinski definition) is 2. The number of nitrogens with two attached hydrogens (primary N) is 1. The van der Waals surface area contributed by atoms with Crippen molar-refractivity contribution in [2.24, 2.45) is 17.6 Å². The molecule has 1 atom stereocenters. The summed E-state index contributed by atoms with van der Waals surface area (Å²) >= 11 is 0. The van der Waals surface area contributed by atoms with Gasteiger partial charge in [0.05, 0.1) is 6.54 Å². The van der Waals surface area contributed by atoms with E-state index in [4.69, 9.17) is 15.2 Å². The van der Waals surface area contributed by atoms with Gasteiger partial charge in [-0.1, -0.05) is 0 Å². The maximum absolute atomic E-state index is 12.4. The molecule has 0 spiro atoms. The smallest absolute Gasteiger partial charge is 0.409 e. The molecule has 130 valence electrons. The fourth-order valence-electron chi connectivity index (χ4n) is 2.98. The predicted octanol–water partition coefficient (Wildman–Crippen LogP) is 0.243. The molecule has 0 aromatic rings. The molecule has 3 N–H and O–H groups in total. The monoisotopic (exact) mass is 328 g/mol. The maximum atomic E-state index is 12.4. The number of ether oxygens (including phenoxy) is 2. The minimum Gasteiger partial charge on any atom is -0.465 e. The molecule has 23 heavy (non-hydrogen) atoms. The molecule has 2 aliphatic rings. The van der Waals surface area contributed by atoms with Gasteiger partial charge in [-0.2, -0.15) is 0 Å². The summed E-state index contributed by atoms with van der Waals surface area (Å²) in [5.74, 6) is -1.07. The Labute approximate surface area is 134 Å². The third kappa shape index (κ3) is 4.73. The van der Waals surface area contributed by atoms with Crippen molar-refractivity contribution in [2.75, 3.05) is 33.0 Å². The van der Waals surface area contributed by atoms with Gasteiger partial charge >= 0.3 is 6.09 Å². The van der Waals surface area contributed by atoms with Crippen molar-refractivity contribution in [2.45, 2.75) is 31.8 Å². The van der Waals surface area contributed by atoms with E-state index in [1.807, 2.05) is 0 Å². The Hall–Kier alpha value is -1.51. The summed E-state index contributed by atoms with van der Waals surface area (Å²) in [5.41, 5.74) is 5.85. The first-order valence-electron chi connectivity index (χ1n) is 7.97. The van der Waals surface area contributed by atoms with Gasteiger partial charge in [0.15, 0.2) is 11.6 Å². The van der Waals surface area contributed by atoms with E-state index < -0.39 is 12.3 Å². The molecule has 8 nitrogen and oxygen atoms in total. The zero-order valence-corrected chi connectivity index (χ0v) is 13.1. The Balaban J connectivity index is 1.97. The standard InChI is InChI=1S/C15H24N2O6/c16-14(13(19)11-3-7-23-8-4-11)17(15(20)21)9-12(18)10-1-5-22-6-2-10/h10-11,14H,1-9,16H2,(H,20,21). The number of carboxylic acid groups (broad SMARTS) is 1. The normalized spacial score (nSPS) is 21.6. The van der Waals surface area contributed by atoms with Gasteiger partial charge in [0.1, 0.15) is 6.17 Å². The summed E-state index contributed by atoms with van der Waals surface area (Å²) < 4.78 is 10.4. The highest BCUT2D eigenvalue weighted by atomic mass is 16.5. The lowest BCUT2D eigenvalue weighted by Crippen LogP contribution is -2.55. The van der Waals surface area contributed by atoms with Crippen molar-refractivity contribution < 1.29 is 29.0 Å². The third-order valence-corrected chi connectivity index (χ3v) is 4.50. The molecule has 2 rings (SSSR count). The number of Topliss-reactive ketones (excluding diaryl/α,β-unsaturated/α-hetero) is 2. The molecular formula is C15H24N2O6. The van der Waals surface area contributed by atoms with Crippen LogP contribution in [-0.4, -0.2) is 66.8 Å². The van der Waals surface area contributed by atoms with Gasteiger partial charge in [0, 0.05) is 38.3 Å². The van der Waals surface area contributed by atoms with Gasteiger partial charge in [0.2, 0.25) is 0 Å². The van der Waals surface area contributed by atoms with Crippen LogP contribution in [0, 0.1) is 11.8 Å². The molecule has 1 unspecified atom stereocenters. The van der Waals surface area contributed by atoms with Gasteiger partial charge in [-0.15, -0.1) is 0 Å². The summed E-state index contributed by atoms with van der Waals surface area (Å²) in [6.45, 7) is 1.58. The SMILES string of the molecule is NC(C(=O)C1CCOCC1)N(CC(=O)C1CCOCC1)C(=O)O. The molecule has 2 fully saturated rings. The van der Waals surface area contributed by atoms with Crippen LogP contribution in [0.25, 0.3) is 0 Å². The fraction of sp³-hybridized carbons (Fsp3) is 0.800. The summed E-state index contributed by atoms with van der Waals surface area (Å²) in [6, 6.07) is 0. The molecular weight excluding hydrogens is 304 g/mol. The van der Waals surface area contributed by atoms with Gasteiger partial charge < -0.3 is 20.3 Å². The number of hydrogen-bond acceptors (Lipinski definition) is 6. The highest BCUT2D eigenvalue weighted by molar-refractivity contribution is 5.91. The Morgan fingerprint density at radius 1 is 1.00 bits per heavy atom. The lowest BCUT2D eigenvalue weighted by Gasteiger charge is -2.30. The molecule has 1 amide bonds. The van der Waals surface area contributed by atoms with E-state index in [1.165, 1.54) is 0 Å². The Bertz CT molecular complexity index is 443. The zero-order chi connectivity index (χ0) is 16.8. The van der Waals surface area contributed by atoms with Crippen LogP contribution in [0.1, 0.15) is 25.7 Å². The minimum absolute atomic E-state index is 0.203. The fourth-order valence-corrected chi connectivity index (χ4v) is 2.98. The first kappa shape index (κ1) is 17.8. The van der Waals surface area contributed by atoms with Gasteiger partial charge in [-0.3, -0.25) is 14.5 Å². The van der Waals surface area contributed by atoms with Crippen LogP contribution in [0.15, 0.2) is 0 Å². The van der Waals surface area contributed by atoms with E-state index in [1.54, 1.807) is 0 Å². The van der Waals surface area contributed by atoms with Crippen molar-refractivity contribution in [3.63, 3.8) is 0 Å². The van der Waals surface area contributed by atoms with Gasteiger partial charge in [0.25, 0.3) is 0 Å². The van der Waals surface area contributed by atoms with Crippen LogP contribution in [0.3, 0.4) is 0 Å². The first-order chi connectivity index (χ1) is 11.0. The number of nitrogens with zero attached hydrogens (tertiary/aromatic N) is 1. The predicted molar refractivity (Wildman–Crippen MR) is 79.8 cm³/mol. The van der Waals surface area contributed by atoms with Crippen molar-refractivity contribution in [3.8, 4) is 0 Å². The van der Waals surface area contributed by atoms with Crippen molar-refractivity contribution in [1.29, 1.82) is 0 Å². The zero-order valence-electron chi connectivity index (χ0n) is 13.1. The number of amides is 1. The van der Waals surface area contributed by atoms with Crippen molar-refractivity contribution in [3.05, 3.63) is 0 Å². The molecule has 2 saturated heterocycles. The molecule has 0 radical (unpaired) electrons. The number of carbonyl (C=O) groups is 3. The van der Waals surface area contributed by atoms with Crippen molar-refractivity contribution >= 4 is 17.7 Å². The Morgan fingerprint density at radius 2 is 1.48 bits per heavy atom. The maximum Gasteiger partial charge on any atom is 0.409 e. The molecule has 2 heterocycles. The van der Waals surface area contributed by atoms with E-state index in [2.05, 4.69) is 0 Å². The summed E-state index contributed by atoms with van der Waals surface area (Å²) in [4.78, 5) is 36.9. The summed E-state index contributed by atoms with van der Waals surface area (Å²) in [6.07, 6.45) is -0.426. The second-order valence-corrected chi connectivity index (χ2v) is 6.00. The van der Waals surface area contributed by atoms with Crippen LogP contribution >= 0.6 is 0 Å². The second kappa shape index (κ2) is 8.37. The topological polar surface area (TPSA) is 119 Å². The van der Waals surface area contributed by atoms with Gasteiger partial charge in [-0.05, 0) is 25.7 Å². The molecule has 2 aliphatic heterocycles. The third-order valence-electron chi connectivity index (χ3n) is 4.50. The van der Waals surface area contributed by atoms with E-state index in [9.17, 15) is 19.5 Å². The van der Waals surface area contributed by atoms with Crippen molar-refractivity contribution in [1.82, 2.24) is 4.90 Å². The molecule has 0 bridgehead atoms. The van der Waals surface area contributed by atoms with E-state index >= 15 is 0 Å². The quantitative estimate of drug-likeness (QED) is 0.670.